The molecule has 4 aromatic carbocycles. The third-order valence-corrected chi connectivity index (χ3v) is 7.33. The number of nitrogens with zero attached hydrogens (tertiary/aromatic N) is 1. The molecule has 0 saturated heterocycles. The monoisotopic (exact) mass is 445 g/mol. The Morgan fingerprint density at radius 3 is 1.79 bits per heavy atom. The van der Waals surface area contributed by atoms with Crippen LogP contribution in [-0.2, 0) is 11.8 Å². The van der Waals surface area contributed by atoms with E-state index in [1.165, 1.54) is 77.0 Å². The predicted molar refractivity (Wildman–Crippen MR) is 147 cm³/mol. The van der Waals surface area contributed by atoms with Crippen LogP contribution in [0.5, 0.6) is 0 Å². The normalized spacial score (nSPS) is 13.4. The average Bonchev–Trinajstić information content (AvgIpc) is 3.09. The van der Waals surface area contributed by atoms with Crippen molar-refractivity contribution in [2.45, 2.75) is 58.3 Å². The summed E-state index contributed by atoms with van der Waals surface area (Å²) >= 11 is 0. The Balaban J connectivity index is 1.53. The predicted octanol–water partition coefficient (Wildman–Crippen LogP) is 9.59. The highest BCUT2D eigenvalue weighted by Crippen LogP contribution is 2.50. The van der Waals surface area contributed by atoms with Crippen molar-refractivity contribution >= 4 is 17.1 Å². The van der Waals surface area contributed by atoms with Gasteiger partial charge in [0.05, 0.1) is 0 Å². The molecular formula is C33H35N. The van der Waals surface area contributed by atoms with Crippen molar-refractivity contribution in [3.63, 3.8) is 0 Å². The van der Waals surface area contributed by atoms with Gasteiger partial charge in [-0.3, -0.25) is 0 Å². The van der Waals surface area contributed by atoms with Gasteiger partial charge in [0.2, 0.25) is 0 Å². The highest BCUT2D eigenvalue weighted by molar-refractivity contribution is 5.85. The first-order valence-electron chi connectivity index (χ1n) is 12.8. The number of hydrogen-bond donors (Lipinski definition) is 0. The molecular weight excluding hydrogens is 410 g/mol. The highest BCUT2D eigenvalue weighted by Gasteiger charge is 2.36. The molecule has 0 saturated carbocycles. The van der Waals surface area contributed by atoms with E-state index in [4.69, 9.17) is 0 Å². The highest BCUT2D eigenvalue weighted by atomic mass is 15.1. The molecule has 5 rings (SSSR count). The molecule has 0 amide bonds. The Labute approximate surface area is 205 Å². The second kappa shape index (κ2) is 9.50. The SMILES string of the molecule is CCCCCCc1ccc2c(c1)C(C)(C)c1cc(N(c3ccccc3)c3ccccc3)ccc1-2. The van der Waals surface area contributed by atoms with Crippen LogP contribution < -0.4 is 4.90 Å². The maximum absolute atomic E-state index is 2.48. The molecule has 0 heterocycles. The number of para-hydroxylation sites is 2. The van der Waals surface area contributed by atoms with Crippen molar-refractivity contribution in [1.82, 2.24) is 0 Å². The van der Waals surface area contributed by atoms with Gasteiger partial charge in [-0.1, -0.05) is 101 Å². The number of hydrogen-bond acceptors (Lipinski definition) is 1. The fourth-order valence-corrected chi connectivity index (χ4v) is 5.42. The molecule has 1 nitrogen and oxygen atoms in total. The van der Waals surface area contributed by atoms with E-state index in [9.17, 15) is 0 Å². The van der Waals surface area contributed by atoms with Gasteiger partial charge in [0.1, 0.15) is 0 Å². The molecule has 0 radical (unpaired) electrons. The maximum Gasteiger partial charge on any atom is 0.0465 e. The smallest absolute Gasteiger partial charge is 0.0465 e. The van der Waals surface area contributed by atoms with Crippen molar-refractivity contribution < 1.29 is 0 Å². The molecule has 0 fully saturated rings. The van der Waals surface area contributed by atoms with Crippen LogP contribution in [0.15, 0.2) is 97.1 Å². The van der Waals surface area contributed by atoms with Crippen LogP contribution >= 0.6 is 0 Å². The van der Waals surface area contributed by atoms with Gasteiger partial charge in [0.15, 0.2) is 0 Å². The van der Waals surface area contributed by atoms with Gasteiger partial charge in [0, 0.05) is 22.5 Å². The second-order valence-electron chi connectivity index (χ2n) is 10.1. The second-order valence-corrected chi connectivity index (χ2v) is 10.1. The fourth-order valence-electron chi connectivity index (χ4n) is 5.42. The molecule has 1 aliphatic rings. The number of unbranched alkanes of at least 4 members (excludes halogenated alkanes) is 3. The Morgan fingerprint density at radius 2 is 1.18 bits per heavy atom. The summed E-state index contributed by atoms with van der Waals surface area (Å²) in [6.07, 6.45) is 6.42. The average molecular weight is 446 g/mol. The van der Waals surface area contributed by atoms with Crippen LogP contribution in [0.1, 0.15) is 63.1 Å². The number of rotatable bonds is 8. The summed E-state index contributed by atoms with van der Waals surface area (Å²) < 4.78 is 0. The van der Waals surface area contributed by atoms with Gasteiger partial charge in [-0.15, -0.1) is 0 Å². The fraction of sp³-hybridized carbons (Fsp3) is 0.273. The van der Waals surface area contributed by atoms with Crippen LogP contribution in [0, 0.1) is 0 Å². The van der Waals surface area contributed by atoms with E-state index in [0.717, 1.165) is 0 Å². The van der Waals surface area contributed by atoms with E-state index in [-0.39, 0.29) is 5.41 Å². The Hall–Kier alpha value is -3.32. The minimum atomic E-state index is -0.0147. The molecule has 0 unspecified atom stereocenters. The molecule has 0 atom stereocenters. The van der Waals surface area contributed by atoms with Crippen molar-refractivity contribution in [1.29, 1.82) is 0 Å². The Kier molecular flexibility index (Phi) is 6.28. The van der Waals surface area contributed by atoms with Crippen LogP contribution in [0.4, 0.5) is 17.1 Å². The van der Waals surface area contributed by atoms with Gasteiger partial charge >= 0.3 is 0 Å². The molecule has 1 heteroatoms. The van der Waals surface area contributed by atoms with Crippen LogP contribution in [0.25, 0.3) is 11.1 Å². The lowest BCUT2D eigenvalue weighted by Crippen LogP contribution is -2.16. The maximum atomic E-state index is 2.48. The van der Waals surface area contributed by atoms with Gasteiger partial charge < -0.3 is 4.90 Å². The van der Waals surface area contributed by atoms with E-state index in [1.807, 2.05) is 0 Å². The molecule has 0 N–H and O–H groups in total. The third-order valence-electron chi connectivity index (χ3n) is 7.33. The molecule has 0 spiro atoms. The summed E-state index contributed by atoms with van der Waals surface area (Å²) in [7, 11) is 0. The molecule has 0 aromatic heterocycles. The molecule has 0 bridgehead atoms. The van der Waals surface area contributed by atoms with Gasteiger partial charge in [-0.2, -0.15) is 0 Å². The van der Waals surface area contributed by atoms with E-state index in [1.54, 1.807) is 0 Å². The largest absolute Gasteiger partial charge is 0.310 e. The number of fused-ring (bicyclic) bond motifs is 3. The molecule has 0 aliphatic heterocycles. The lowest BCUT2D eigenvalue weighted by molar-refractivity contribution is 0.652. The van der Waals surface area contributed by atoms with Crippen LogP contribution in [0.2, 0.25) is 0 Å². The summed E-state index contributed by atoms with van der Waals surface area (Å²) in [5.41, 5.74) is 10.7. The van der Waals surface area contributed by atoms with E-state index in [0.29, 0.717) is 0 Å². The van der Waals surface area contributed by atoms with E-state index < -0.39 is 0 Å². The van der Waals surface area contributed by atoms with Crippen LogP contribution in [0.3, 0.4) is 0 Å². The summed E-state index contributed by atoms with van der Waals surface area (Å²) in [5.74, 6) is 0. The van der Waals surface area contributed by atoms with E-state index in [2.05, 4.69) is 123 Å². The first kappa shape index (κ1) is 22.5. The zero-order valence-electron chi connectivity index (χ0n) is 20.7. The van der Waals surface area contributed by atoms with Gasteiger partial charge in [0.25, 0.3) is 0 Å². The van der Waals surface area contributed by atoms with Crippen molar-refractivity contribution in [3.8, 4) is 11.1 Å². The lowest BCUT2D eigenvalue weighted by Gasteiger charge is -2.28. The molecule has 4 aromatic rings. The zero-order valence-corrected chi connectivity index (χ0v) is 20.7. The Morgan fingerprint density at radius 1 is 0.588 bits per heavy atom. The summed E-state index contributed by atoms with van der Waals surface area (Å²) in [6, 6.07) is 35.6. The minimum absolute atomic E-state index is 0.0147. The van der Waals surface area contributed by atoms with Crippen molar-refractivity contribution in [2.24, 2.45) is 0 Å². The van der Waals surface area contributed by atoms with Crippen LogP contribution in [-0.4, -0.2) is 0 Å². The Bertz CT molecular complexity index is 1210. The van der Waals surface area contributed by atoms with E-state index >= 15 is 0 Å². The molecule has 1 aliphatic carbocycles. The number of benzene rings is 4. The van der Waals surface area contributed by atoms with Crippen molar-refractivity contribution in [2.75, 3.05) is 4.90 Å². The van der Waals surface area contributed by atoms with Gasteiger partial charge in [-0.05, 0) is 77.1 Å². The van der Waals surface area contributed by atoms with Crippen molar-refractivity contribution in [3.05, 3.63) is 114 Å². The summed E-state index contributed by atoms with van der Waals surface area (Å²) in [6.45, 7) is 7.05. The summed E-state index contributed by atoms with van der Waals surface area (Å²) in [4.78, 5) is 2.36. The first-order valence-corrected chi connectivity index (χ1v) is 12.8. The summed E-state index contributed by atoms with van der Waals surface area (Å²) in [5, 5.41) is 0. The standard InChI is InChI=1S/C33H35N/c1-4-5-6-9-14-25-19-21-29-30-22-20-28(24-32(30)33(2,3)31(29)23-25)34(26-15-10-7-11-16-26)27-17-12-8-13-18-27/h7-8,10-13,15-24H,4-6,9,14H2,1-3H3. The zero-order chi connectivity index (χ0) is 23.5. The molecule has 172 valence electrons. The van der Waals surface area contributed by atoms with Gasteiger partial charge in [-0.25, -0.2) is 0 Å². The minimum Gasteiger partial charge on any atom is -0.310 e. The first-order chi connectivity index (χ1) is 16.6. The number of anilines is 3. The number of aryl methyl sites for hydroxylation is 1. The third kappa shape index (κ3) is 4.16. The molecule has 34 heavy (non-hydrogen) atoms. The lowest BCUT2D eigenvalue weighted by atomic mass is 9.81. The topological polar surface area (TPSA) is 3.24 Å². The quantitative estimate of drug-likeness (QED) is 0.244.